The Morgan fingerprint density at radius 3 is 1.29 bits per heavy atom. The molecule has 0 aromatic heterocycles. The molecule has 2 aromatic carbocycles. The fourth-order valence-corrected chi connectivity index (χ4v) is 2.44. The summed E-state index contributed by atoms with van der Waals surface area (Å²) < 4.78 is 9.75. The van der Waals surface area contributed by atoms with Gasteiger partial charge in [0.15, 0.2) is 0 Å². The van der Waals surface area contributed by atoms with E-state index < -0.39 is 36.1 Å². The molecule has 0 fully saturated rings. The Balaban J connectivity index is 2.27. The second kappa shape index (κ2) is 8.81. The predicted molar refractivity (Wildman–Crippen MR) is 96.0 cm³/mol. The van der Waals surface area contributed by atoms with Crippen LogP contribution in [0.3, 0.4) is 0 Å². The lowest BCUT2D eigenvalue weighted by Gasteiger charge is -2.21. The Bertz CT molecular complexity index is 842. The summed E-state index contributed by atoms with van der Waals surface area (Å²) in [5.41, 5.74) is 1.17. The van der Waals surface area contributed by atoms with E-state index in [1.807, 2.05) is 0 Å². The van der Waals surface area contributed by atoms with Crippen LogP contribution in [0.25, 0.3) is 0 Å². The molecule has 0 saturated heterocycles. The van der Waals surface area contributed by atoms with Crippen molar-refractivity contribution in [3.63, 3.8) is 0 Å². The molecule has 146 valence electrons. The lowest BCUT2D eigenvalue weighted by molar-refractivity contribution is -0.166. The Kier molecular flexibility index (Phi) is 6.49. The van der Waals surface area contributed by atoms with Gasteiger partial charge in [-0.15, -0.1) is 0 Å². The molecule has 0 aliphatic carbocycles. The zero-order valence-corrected chi connectivity index (χ0v) is 15.1. The van der Waals surface area contributed by atoms with Gasteiger partial charge in [-0.05, 0) is 37.1 Å². The van der Waals surface area contributed by atoms with Crippen LogP contribution in [0.15, 0.2) is 48.5 Å². The summed E-state index contributed by atoms with van der Waals surface area (Å²) >= 11 is 0. The van der Waals surface area contributed by atoms with Gasteiger partial charge in [0.1, 0.15) is 0 Å². The lowest BCUT2D eigenvalue weighted by Crippen LogP contribution is -2.46. The summed E-state index contributed by atoms with van der Waals surface area (Å²) in [4.78, 5) is 47.7. The van der Waals surface area contributed by atoms with Crippen LogP contribution in [0.1, 0.15) is 31.8 Å². The van der Waals surface area contributed by atoms with Crippen molar-refractivity contribution in [1.82, 2.24) is 0 Å². The molecule has 0 saturated carbocycles. The number of hydrogen-bond donors (Lipinski definition) is 2. The first-order chi connectivity index (χ1) is 13.2. The third-order valence-electron chi connectivity index (χ3n) is 3.96. The van der Waals surface area contributed by atoms with Gasteiger partial charge < -0.3 is 19.7 Å². The van der Waals surface area contributed by atoms with Gasteiger partial charge in [-0.25, -0.2) is 19.2 Å². The maximum atomic E-state index is 12.3. The number of rotatable bonds is 7. The fraction of sp³-hybridized carbons (Fsp3) is 0.200. The van der Waals surface area contributed by atoms with E-state index in [1.165, 1.54) is 12.1 Å². The minimum absolute atomic E-state index is 0.0723. The van der Waals surface area contributed by atoms with Crippen molar-refractivity contribution in [1.29, 1.82) is 0 Å². The Hall–Kier alpha value is -3.68. The summed E-state index contributed by atoms with van der Waals surface area (Å²) in [6.45, 7) is 3.22. The summed E-state index contributed by atoms with van der Waals surface area (Å²) in [5, 5.41) is 18.7. The highest BCUT2D eigenvalue weighted by atomic mass is 16.6. The predicted octanol–water partition coefficient (Wildman–Crippen LogP) is 2.22. The maximum Gasteiger partial charge on any atom is 0.349 e. The van der Waals surface area contributed by atoms with Crippen LogP contribution in [0.2, 0.25) is 0 Å². The number of ether oxygens (including phenoxy) is 2. The molecule has 2 aromatic rings. The van der Waals surface area contributed by atoms with Crippen molar-refractivity contribution in [2.45, 2.75) is 26.1 Å². The summed E-state index contributed by atoms with van der Waals surface area (Å²) in [6, 6.07) is 12.5. The Morgan fingerprint density at radius 1 is 0.679 bits per heavy atom. The first-order valence-corrected chi connectivity index (χ1v) is 8.21. The topological polar surface area (TPSA) is 127 Å². The van der Waals surface area contributed by atoms with Crippen LogP contribution in [-0.2, 0) is 19.1 Å². The van der Waals surface area contributed by atoms with Crippen LogP contribution >= 0.6 is 0 Å². The van der Waals surface area contributed by atoms with Crippen LogP contribution in [0, 0.1) is 13.8 Å². The maximum absolute atomic E-state index is 12.3. The highest BCUT2D eigenvalue weighted by Gasteiger charge is 2.41. The minimum Gasteiger partial charge on any atom is -0.478 e. The van der Waals surface area contributed by atoms with Gasteiger partial charge in [-0.2, -0.15) is 0 Å². The van der Waals surface area contributed by atoms with E-state index in [9.17, 15) is 29.4 Å². The number of hydrogen-bond acceptors (Lipinski definition) is 6. The highest BCUT2D eigenvalue weighted by Crippen LogP contribution is 2.16. The third-order valence-corrected chi connectivity index (χ3v) is 3.96. The average molecular weight is 386 g/mol. The van der Waals surface area contributed by atoms with Crippen molar-refractivity contribution in [3.8, 4) is 0 Å². The first kappa shape index (κ1) is 20.6. The number of carboxylic acid groups (broad SMARTS) is 2. The van der Waals surface area contributed by atoms with Gasteiger partial charge in [0, 0.05) is 0 Å². The van der Waals surface area contributed by atoms with Gasteiger partial charge in [0.2, 0.25) is 12.2 Å². The van der Waals surface area contributed by atoms with Gasteiger partial charge in [0.05, 0.1) is 11.1 Å². The molecule has 28 heavy (non-hydrogen) atoms. The smallest absolute Gasteiger partial charge is 0.349 e. The number of carbonyl (C=O) groups is 4. The third kappa shape index (κ3) is 4.73. The normalized spacial score (nSPS) is 12.5. The molecule has 0 heterocycles. The zero-order chi connectivity index (χ0) is 20.8. The molecule has 2 atom stereocenters. The zero-order valence-electron chi connectivity index (χ0n) is 15.1. The molecule has 0 bridgehead atoms. The van der Waals surface area contributed by atoms with E-state index in [2.05, 4.69) is 0 Å². The van der Waals surface area contributed by atoms with E-state index in [1.54, 1.807) is 50.2 Å². The summed E-state index contributed by atoms with van der Waals surface area (Å²) in [7, 11) is 0. The molecule has 0 unspecified atom stereocenters. The quantitative estimate of drug-likeness (QED) is 0.694. The van der Waals surface area contributed by atoms with Crippen molar-refractivity contribution in [2.24, 2.45) is 0 Å². The number of carbonyl (C=O) groups excluding carboxylic acids is 2. The Morgan fingerprint density at radius 2 is 1.00 bits per heavy atom. The standard InChI is InChI=1S/C20H18O8/c1-11-7-3-5-9-13(11)19(25)27-15(17(21)22)16(18(23)24)28-20(26)14-10-6-4-8-12(14)2/h3-10,15-16H,1-2H3,(H,21,22)(H,23,24)/t15-,16-/m0/s1. The van der Waals surface area contributed by atoms with E-state index >= 15 is 0 Å². The average Bonchev–Trinajstić information content (AvgIpc) is 2.64. The second-order valence-corrected chi connectivity index (χ2v) is 5.96. The molecule has 8 nitrogen and oxygen atoms in total. The van der Waals surface area contributed by atoms with Crippen LogP contribution in [-0.4, -0.2) is 46.3 Å². The molecular weight excluding hydrogens is 368 g/mol. The molecule has 0 spiro atoms. The molecular formula is C20H18O8. The first-order valence-electron chi connectivity index (χ1n) is 8.21. The van der Waals surface area contributed by atoms with E-state index in [0.29, 0.717) is 11.1 Å². The fourth-order valence-electron chi connectivity index (χ4n) is 2.44. The number of carboxylic acids is 2. The monoisotopic (exact) mass is 386 g/mol. The van der Waals surface area contributed by atoms with Gasteiger partial charge >= 0.3 is 23.9 Å². The molecule has 0 aliphatic rings. The summed E-state index contributed by atoms with van der Waals surface area (Å²) in [6.07, 6.45) is -4.45. The van der Waals surface area contributed by atoms with Crippen molar-refractivity contribution in [2.75, 3.05) is 0 Å². The highest BCUT2D eigenvalue weighted by molar-refractivity contribution is 5.96. The lowest BCUT2D eigenvalue weighted by atomic mass is 10.1. The number of esters is 2. The van der Waals surface area contributed by atoms with Gasteiger partial charge in [-0.1, -0.05) is 36.4 Å². The number of aryl methyl sites for hydroxylation is 2. The van der Waals surface area contributed by atoms with Gasteiger partial charge in [-0.3, -0.25) is 0 Å². The van der Waals surface area contributed by atoms with Crippen molar-refractivity contribution < 1.29 is 38.9 Å². The largest absolute Gasteiger partial charge is 0.478 e. The molecule has 8 heteroatoms. The molecule has 0 aliphatic heterocycles. The van der Waals surface area contributed by atoms with E-state index in [0.717, 1.165) is 0 Å². The molecule has 0 radical (unpaired) electrons. The number of aliphatic carboxylic acids is 2. The van der Waals surface area contributed by atoms with Crippen LogP contribution in [0.4, 0.5) is 0 Å². The Labute approximate surface area is 160 Å². The van der Waals surface area contributed by atoms with E-state index in [4.69, 9.17) is 9.47 Å². The van der Waals surface area contributed by atoms with Crippen molar-refractivity contribution in [3.05, 3.63) is 70.8 Å². The van der Waals surface area contributed by atoms with Crippen LogP contribution in [0.5, 0.6) is 0 Å². The summed E-state index contributed by atoms with van der Waals surface area (Å²) in [5.74, 6) is -5.59. The molecule has 0 amide bonds. The van der Waals surface area contributed by atoms with Crippen molar-refractivity contribution >= 4 is 23.9 Å². The number of benzene rings is 2. The minimum atomic E-state index is -2.22. The SMILES string of the molecule is Cc1ccccc1C(=O)O[C@H](C(=O)O)[C@H](OC(=O)c1ccccc1C)C(=O)O. The van der Waals surface area contributed by atoms with Crippen LogP contribution < -0.4 is 0 Å². The molecule has 2 N–H and O–H groups in total. The molecule has 2 rings (SSSR count). The van der Waals surface area contributed by atoms with Gasteiger partial charge in [0.25, 0.3) is 0 Å². The van der Waals surface area contributed by atoms with E-state index in [-0.39, 0.29) is 11.1 Å². The second-order valence-electron chi connectivity index (χ2n) is 5.96.